The van der Waals surface area contributed by atoms with Gasteiger partial charge in [-0.1, -0.05) is 25.6 Å². The molecule has 0 aliphatic heterocycles. The van der Waals surface area contributed by atoms with Gasteiger partial charge >= 0.3 is 0 Å². The molecule has 0 aliphatic rings. The van der Waals surface area contributed by atoms with E-state index in [0.29, 0.717) is 56.2 Å². The van der Waals surface area contributed by atoms with Crippen molar-refractivity contribution in [3.05, 3.63) is 0 Å². The maximum atomic E-state index is 12.0. The van der Waals surface area contributed by atoms with Crippen molar-refractivity contribution in [3.8, 4) is 0 Å². The lowest BCUT2D eigenvalue weighted by atomic mass is 10.3. The van der Waals surface area contributed by atoms with Gasteiger partial charge in [-0.2, -0.15) is 0 Å². The summed E-state index contributed by atoms with van der Waals surface area (Å²) < 4.78 is 17.2. The van der Waals surface area contributed by atoms with E-state index in [1.807, 2.05) is 0 Å². The van der Waals surface area contributed by atoms with Crippen molar-refractivity contribution in [2.75, 3.05) is 45.2 Å². The molecule has 0 amide bonds. The predicted octanol–water partition coefficient (Wildman–Crippen LogP) is 5.48. The van der Waals surface area contributed by atoms with E-state index >= 15 is 0 Å². The molecule has 0 heterocycles. The second-order valence-electron chi connectivity index (χ2n) is 8.83. The van der Waals surface area contributed by atoms with Gasteiger partial charge in [0.2, 0.25) is 0 Å². The third-order valence-corrected chi connectivity index (χ3v) is 8.91. The van der Waals surface area contributed by atoms with Crippen LogP contribution in [0.4, 0.5) is 0 Å². The molecule has 0 saturated heterocycles. The van der Waals surface area contributed by atoms with Gasteiger partial charge in [-0.05, 0) is 68.5 Å². The summed E-state index contributed by atoms with van der Waals surface area (Å²) in [6.07, 6.45) is 0.611. The van der Waals surface area contributed by atoms with Crippen molar-refractivity contribution >= 4 is 25.3 Å². The van der Waals surface area contributed by atoms with Crippen LogP contribution in [0.25, 0.3) is 0 Å². The summed E-state index contributed by atoms with van der Waals surface area (Å²) in [5.41, 5.74) is 0. The van der Waals surface area contributed by atoms with E-state index in [1.54, 1.807) is 0 Å². The maximum absolute atomic E-state index is 12.0. The SMILES string of the molecule is CCN(CC)CCC(=O)SCCOCCOP(N(C(C)C)C(C)C)N(C(C)C)C(C)C. The molecule has 0 aromatic heterocycles. The van der Waals surface area contributed by atoms with Crippen LogP contribution in [0.2, 0.25) is 0 Å². The standard InChI is InChI=1S/C23H50N3O3PS/c1-11-24(12-2)14-13-23(27)31-18-17-28-15-16-29-30(25(19(3)4)20(5)6)26(21(7)8)22(9)10/h19-22H,11-18H2,1-10H3. The Morgan fingerprint density at radius 1 is 0.806 bits per heavy atom. The Hall–Kier alpha value is 0.250. The van der Waals surface area contributed by atoms with Gasteiger partial charge in [-0.15, -0.1) is 0 Å². The molecular formula is C23H50N3O3PS. The molecule has 0 atom stereocenters. The first-order chi connectivity index (χ1) is 14.6. The van der Waals surface area contributed by atoms with Gasteiger partial charge in [0.15, 0.2) is 13.6 Å². The third-order valence-electron chi connectivity index (χ3n) is 4.96. The van der Waals surface area contributed by atoms with Crippen LogP contribution < -0.4 is 0 Å². The van der Waals surface area contributed by atoms with Crippen molar-refractivity contribution in [3.63, 3.8) is 0 Å². The first kappa shape index (κ1) is 31.2. The van der Waals surface area contributed by atoms with Gasteiger partial charge in [0.25, 0.3) is 0 Å². The van der Waals surface area contributed by atoms with Gasteiger partial charge in [0.05, 0.1) is 19.8 Å². The fraction of sp³-hybridized carbons (Fsp3) is 0.957. The Morgan fingerprint density at radius 2 is 1.29 bits per heavy atom. The molecule has 0 bridgehead atoms. The molecule has 0 aliphatic carbocycles. The molecule has 186 valence electrons. The highest BCUT2D eigenvalue weighted by Crippen LogP contribution is 2.50. The summed E-state index contributed by atoms with van der Waals surface area (Å²) in [6, 6.07) is 1.63. The average Bonchev–Trinajstić information content (AvgIpc) is 2.66. The van der Waals surface area contributed by atoms with E-state index in [2.05, 4.69) is 83.5 Å². The number of ether oxygens (including phenoxy) is 1. The lowest BCUT2D eigenvalue weighted by Gasteiger charge is -2.45. The zero-order valence-corrected chi connectivity index (χ0v) is 23.6. The molecule has 6 nitrogen and oxygen atoms in total. The minimum atomic E-state index is -0.872. The van der Waals surface area contributed by atoms with Crippen LogP contribution in [-0.2, 0) is 14.1 Å². The summed E-state index contributed by atoms with van der Waals surface area (Å²) >= 11 is 1.39. The van der Waals surface area contributed by atoms with Crippen molar-refractivity contribution < 1.29 is 14.1 Å². The molecular weight excluding hydrogens is 429 g/mol. The van der Waals surface area contributed by atoms with Gasteiger partial charge < -0.3 is 14.2 Å². The molecule has 0 radical (unpaired) electrons. The van der Waals surface area contributed by atoms with Crippen molar-refractivity contribution in [2.24, 2.45) is 0 Å². The first-order valence-electron chi connectivity index (χ1n) is 12.0. The lowest BCUT2D eigenvalue weighted by Crippen LogP contribution is -2.43. The number of thioether (sulfide) groups is 1. The summed E-state index contributed by atoms with van der Waals surface area (Å²) in [4.78, 5) is 14.3. The number of carbonyl (C=O) groups is 1. The van der Waals surface area contributed by atoms with E-state index in [9.17, 15) is 4.79 Å². The van der Waals surface area contributed by atoms with Crippen molar-refractivity contribution in [1.29, 1.82) is 0 Å². The predicted molar refractivity (Wildman–Crippen MR) is 138 cm³/mol. The zero-order valence-electron chi connectivity index (χ0n) is 21.9. The minimum absolute atomic E-state index is 0.254. The van der Waals surface area contributed by atoms with Crippen LogP contribution in [0, 0.1) is 0 Å². The smallest absolute Gasteiger partial charge is 0.190 e. The second-order valence-corrected chi connectivity index (χ2v) is 11.7. The van der Waals surface area contributed by atoms with Gasteiger partial charge in [0, 0.05) is 42.9 Å². The van der Waals surface area contributed by atoms with Crippen LogP contribution in [0.3, 0.4) is 0 Å². The summed E-state index contributed by atoms with van der Waals surface area (Å²) in [6.45, 7) is 26.7. The van der Waals surface area contributed by atoms with E-state index < -0.39 is 8.45 Å². The molecule has 0 aromatic rings. The van der Waals surface area contributed by atoms with Crippen LogP contribution in [0.5, 0.6) is 0 Å². The molecule has 0 aromatic carbocycles. The third kappa shape index (κ3) is 12.9. The average molecular weight is 480 g/mol. The molecule has 8 heteroatoms. The van der Waals surface area contributed by atoms with Crippen molar-refractivity contribution in [2.45, 2.75) is 99.8 Å². The number of hydrogen-bond acceptors (Lipinski definition) is 7. The van der Waals surface area contributed by atoms with Crippen LogP contribution in [-0.4, -0.2) is 88.7 Å². The maximum Gasteiger partial charge on any atom is 0.190 e. The molecule has 31 heavy (non-hydrogen) atoms. The first-order valence-corrected chi connectivity index (χ1v) is 14.2. The van der Waals surface area contributed by atoms with Crippen LogP contribution in [0.15, 0.2) is 0 Å². The Kier molecular flexibility index (Phi) is 17.8. The molecule has 0 unspecified atom stereocenters. The van der Waals surface area contributed by atoms with Crippen LogP contribution >= 0.6 is 20.2 Å². The lowest BCUT2D eigenvalue weighted by molar-refractivity contribution is -0.111. The molecule has 0 N–H and O–H groups in total. The topological polar surface area (TPSA) is 45.3 Å². The number of nitrogens with zero attached hydrogens (tertiary/aromatic N) is 3. The molecule has 0 fully saturated rings. The largest absolute Gasteiger partial charge is 0.378 e. The molecule has 0 saturated carbocycles. The minimum Gasteiger partial charge on any atom is -0.378 e. The van der Waals surface area contributed by atoms with Gasteiger partial charge in [-0.25, -0.2) is 9.34 Å². The van der Waals surface area contributed by atoms with E-state index in [4.69, 9.17) is 9.26 Å². The summed E-state index contributed by atoms with van der Waals surface area (Å²) in [7, 11) is -0.872. The van der Waals surface area contributed by atoms with Gasteiger partial charge in [-0.3, -0.25) is 4.79 Å². The monoisotopic (exact) mass is 479 g/mol. The number of hydrogen-bond donors (Lipinski definition) is 0. The summed E-state index contributed by atoms with van der Waals surface area (Å²) in [5.74, 6) is 0.708. The highest BCUT2D eigenvalue weighted by Gasteiger charge is 2.34. The van der Waals surface area contributed by atoms with E-state index in [0.717, 1.165) is 19.6 Å². The number of carbonyl (C=O) groups excluding carboxylic acids is 1. The number of rotatable bonds is 18. The van der Waals surface area contributed by atoms with Crippen molar-refractivity contribution in [1.82, 2.24) is 14.2 Å². The highest BCUT2D eigenvalue weighted by molar-refractivity contribution is 8.13. The Labute approximate surface area is 198 Å². The molecule has 0 spiro atoms. The fourth-order valence-corrected chi connectivity index (χ4v) is 6.58. The summed E-state index contributed by atoms with van der Waals surface area (Å²) in [5, 5.41) is 0.254. The second kappa shape index (κ2) is 17.7. The van der Waals surface area contributed by atoms with Crippen LogP contribution in [0.1, 0.15) is 75.7 Å². The zero-order chi connectivity index (χ0) is 24.0. The molecule has 0 rings (SSSR count). The quantitative estimate of drug-likeness (QED) is 0.191. The van der Waals surface area contributed by atoms with Gasteiger partial charge in [0.1, 0.15) is 0 Å². The van der Waals surface area contributed by atoms with E-state index in [1.165, 1.54) is 11.8 Å². The Morgan fingerprint density at radius 3 is 1.71 bits per heavy atom. The normalized spacial score (nSPS) is 12.8. The fourth-order valence-electron chi connectivity index (χ4n) is 3.59. The Balaban J connectivity index is 4.46. The highest BCUT2D eigenvalue weighted by atomic mass is 32.2. The van der Waals surface area contributed by atoms with E-state index in [-0.39, 0.29) is 5.12 Å². The Bertz CT molecular complexity index is 427.